The van der Waals surface area contributed by atoms with Crippen LogP contribution in [0, 0.1) is 13.8 Å². The van der Waals surface area contributed by atoms with Crippen LogP contribution in [0.5, 0.6) is 0 Å². The minimum absolute atomic E-state index is 0.353. The van der Waals surface area contributed by atoms with Crippen LogP contribution < -0.4 is 0 Å². The number of hydrogen-bond donors (Lipinski definition) is 0. The van der Waals surface area contributed by atoms with E-state index in [9.17, 15) is 13.2 Å². The fourth-order valence-corrected chi connectivity index (χ4v) is 2.70. The van der Waals surface area contributed by atoms with Gasteiger partial charge >= 0.3 is 6.18 Å². The fourth-order valence-electron chi connectivity index (χ4n) is 2.31. The molecule has 0 atom stereocenters. The summed E-state index contributed by atoms with van der Waals surface area (Å²) in [7, 11) is 0. The van der Waals surface area contributed by atoms with Gasteiger partial charge in [0.25, 0.3) is 0 Å². The van der Waals surface area contributed by atoms with Crippen molar-refractivity contribution in [3.05, 3.63) is 29.1 Å². The van der Waals surface area contributed by atoms with Crippen molar-refractivity contribution in [2.75, 3.05) is 12.0 Å². The largest absolute Gasteiger partial charge is 0.408 e. The first-order valence-electron chi connectivity index (χ1n) is 7.28. The molecule has 0 fully saturated rings. The molecule has 2 rings (SSSR count). The van der Waals surface area contributed by atoms with Crippen molar-refractivity contribution in [3.8, 4) is 0 Å². The molecule has 0 saturated heterocycles. The van der Waals surface area contributed by atoms with Crippen molar-refractivity contribution < 1.29 is 13.2 Å². The molecule has 0 aliphatic carbocycles. The van der Waals surface area contributed by atoms with Gasteiger partial charge in [0.05, 0.1) is 5.69 Å². The second-order valence-corrected chi connectivity index (χ2v) is 6.35. The third-order valence-corrected chi connectivity index (χ3v) is 3.91. The van der Waals surface area contributed by atoms with Gasteiger partial charge in [-0.3, -0.25) is 4.68 Å². The van der Waals surface area contributed by atoms with Gasteiger partial charge in [0.15, 0.2) is 5.82 Å². The number of rotatable bonds is 7. The summed E-state index contributed by atoms with van der Waals surface area (Å²) in [4.78, 5) is 4.28. The van der Waals surface area contributed by atoms with Crippen molar-refractivity contribution in [2.45, 2.75) is 46.0 Å². The van der Waals surface area contributed by atoms with E-state index in [-0.39, 0.29) is 0 Å². The standard InChI is InChI=1S/C14H20F3N5S/c1-10-8-11(2)21(19-10)6-4-13-18-12(5-7-23-3)20-22(13)9-14(15,16)17/h8H,4-7,9H2,1-3H3. The highest BCUT2D eigenvalue weighted by Gasteiger charge is 2.30. The van der Waals surface area contributed by atoms with E-state index in [2.05, 4.69) is 15.2 Å². The second-order valence-electron chi connectivity index (χ2n) is 5.36. The Balaban J connectivity index is 2.14. The van der Waals surface area contributed by atoms with Crippen molar-refractivity contribution in [3.63, 3.8) is 0 Å². The molecule has 9 heteroatoms. The first-order chi connectivity index (χ1) is 10.8. The third kappa shape index (κ3) is 5.26. The second kappa shape index (κ2) is 7.37. The van der Waals surface area contributed by atoms with Gasteiger partial charge in [-0.25, -0.2) is 9.67 Å². The minimum Gasteiger partial charge on any atom is -0.269 e. The number of aryl methyl sites for hydroxylation is 5. The summed E-state index contributed by atoms with van der Waals surface area (Å²) < 4.78 is 40.9. The number of alkyl halides is 3. The molecule has 0 bridgehead atoms. The van der Waals surface area contributed by atoms with Crippen LogP contribution in [-0.4, -0.2) is 42.7 Å². The average Bonchev–Trinajstić information content (AvgIpc) is 2.95. The molecule has 23 heavy (non-hydrogen) atoms. The Bertz CT molecular complexity index is 647. The highest BCUT2D eigenvalue weighted by molar-refractivity contribution is 7.98. The van der Waals surface area contributed by atoms with E-state index in [0.29, 0.717) is 31.0 Å². The smallest absolute Gasteiger partial charge is 0.269 e. The summed E-state index contributed by atoms with van der Waals surface area (Å²) in [5.74, 6) is 1.60. The van der Waals surface area contributed by atoms with Gasteiger partial charge in [0.2, 0.25) is 0 Å². The van der Waals surface area contributed by atoms with Gasteiger partial charge in [0.1, 0.15) is 12.4 Å². The summed E-state index contributed by atoms with van der Waals surface area (Å²) in [5.41, 5.74) is 1.87. The molecule has 2 aromatic heterocycles. The molecule has 2 aromatic rings. The Morgan fingerprint density at radius 3 is 2.43 bits per heavy atom. The molecular formula is C14H20F3N5S. The minimum atomic E-state index is -4.31. The molecule has 128 valence electrons. The highest BCUT2D eigenvalue weighted by Crippen LogP contribution is 2.18. The van der Waals surface area contributed by atoms with E-state index in [0.717, 1.165) is 21.8 Å². The van der Waals surface area contributed by atoms with E-state index in [1.54, 1.807) is 16.4 Å². The number of halogens is 3. The average molecular weight is 347 g/mol. The van der Waals surface area contributed by atoms with Crippen LogP contribution >= 0.6 is 11.8 Å². The molecule has 5 nitrogen and oxygen atoms in total. The van der Waals surface area contributed by atoms with Crippen LogP contribution in [0.1, 0.15) is 23.0 Å². The van der Waals surface area contributed by atoms with Crippen molar-refractivity contribution in [1.82, 2.24) is 24.5 Å². The Kier molecular flexibility index (Phi) is 5.72. The van der Waals surface area contributed by atoms with Gasteiger partial charge in [-0.2, -0.15) is 35.1 Å². The summed E-state index contributed by atoms with van der Waals surface area (Å²) >= 11 is 1.61. The fraction of sp³-hybridized carbons (Fsp3) is 0.643. The summed E-state index contributed by atoms with van der Waals surface area (Å²) in [5, 5.41) is 8.34. The molecule has 0 aliphatic rings. The van der Waals surface area contributed by atoms with Crippen LogP contribution in [0.2, 0.25) is 0 Å². The van der Waals surface area contributed by atoms with Gasteiger partial charge < -0.3 is 0 Å². The van der Waals surface area contributed by atoms with Crippen molar-refractivity contribution in [1.29, 1.82) is 0 Å². The zero-order valence-corrected chi connectivity index (χ0v) is 14.2. The number of nitrogens with zero attached hydrogens (tertiary/aromatic N) is 5. The predicted octanol–water partition coefficient (Wildman–Crippen LogP) is 2.80. The molecule has 0 unspecified atom stereocenters. The molecule has 0 saturated carbocycles. The van der Waals surface area contributed by atoms with Crippen LogP contribution in [0.25, 0.3) is 0 Å². The Labute approximate surface area is 137 Å². The number of thioether (sulfide) groups is 1. The molecule has 0 aliphatic heterocycles. The van der Waals surface area contributed by atoms with Crippen molar-refractivity contribution in [2.24, 2.45) is 0 Å². The normalized spacial score (nSPS) is 12.1. The lowest BCUT2D eigenvalue weighted by molar-refractivity contribution is -0.143. The van der Waals surface area contributed by atoms with E-state index >= 15 is 0 Å². The van der Waals surface area contributed by atoms with E-state index in [4.69, 9.17) is 0 Å². The summed E-state index contributed by atoms with van der Waals surface area (Å²) in [6.07, 6.45) is -1.43. The lowest BCUT2D eigenvalue weighted by Gasteiger charge is -2.09. The Hall–Kier alpha value is -1.51. The molecule has 0 spiro atoms. The lowest BCUT2D eigenvalue weighted by atomic mass is 10.3. The SMILES string of the molecule is CSCCc1nc(CCn2nc(C)cc2C)n(CC(F)(F)F)n1. The van der Waals surface area contributed by atoms with E-state index in [1.807, 2.05) is 26.2 Å². The van der Waals surface area contributed by atoms with Crippen LogP contribution in [0.15, 0.2) is 6.07 Å². The van der Waals surface area contributed by atoms with Crippen LogP contribution in [0.3, 0.4) is 0 Å². The lowest BCUT2D eigenvalue weighted by Crippen LogP contribution is -2.21. The molecule has 0 N–H and O–H groups in total. The third-order valence-electron chi connectivity index (χ3n) is 3.30. The molecule has 2 heterocycles. The van der Waals surface area contributed by atoms with E-state index in [1.165, 1.54) is 0 Å². The maximum atomic E-state index is 12.7. The molecule has 0 aromatic carbocycles. The summed E-state index contributed by atoms with van der Waals surface area (Å²) in [6, 6.07) is 1.93. The van der Waals surface area contributed by atoms with Crippen LogP contribution in [-0.2, 0) is 25.9 Å². The predicted molar refractivity (Wildman–Crippen MR) is 83.6 cm³/mol. The summed E-state index contributed by atoms with van der Waals surface area (Å²) in [6.45, 7) is 3.18. The van der Waals surface area contributed by atoms with Gasteiger partial charge in [-0.1, -0.05) is 0 Å². The van der Waals surface area contributed by atoms with Gasteiger partial charge in [-0.15, -0.1) is 0 Å². The van der Waals surface area contributed by atoms with Gasteiger partial charge in [0, 0.05) is 30.8 Å². The monoisotopic (exact) mass is 347 g/mol. The molecule has 0 radical (unpaired) electrons. The van der Waals surface area contributed by atoms with Gasteiger partial charge in [-0.05, 0) is 26.2 Å². The van der Waals surface area contributed by atoms with E-state index < -0.39 is 12.7 Å². The topological polar surface area (TPSA) is 48.5 Å². The molecular weight excluding hydrogens is 327 g/mol. The maximum absolute atomic E-state index is 12.7. The molecule has 0 amide bonds. The quantitative estimate of drug-likeness (QED) is 0.773. The zero-order chi connectivity index (χ0) is 17.0. The van der Waals surface area contributed by atoms with Crippen molar-refractivity contribution >= 4 is 11.8 Å². The highest BCUT2D eigenvalue weighted by atomic mass is 32.2. The number of hydrogen-bond acceptors (Lipinski definition) is 4. The first-order valence-corrected chi connectivity index (χ1v) is 8.67. The zero-order valence-electron chi connectivity index (χ0n) is 13.4. The number of aromatic nitrogens is 5. The first kappa shape index (κ1) is 17.8. The Morgan fingerprint density at radius 1 is 1.13 bits per heavy atom. The maximum Gasteiger partial charge on any atom is 0.408 e. The Morgan fingerprint density at radius 2 is 1.87 bits per heavy atom. The van der Waals surface area contributed by atoms with Crippen LogP contribution in [0.4, 0.5) is 13.2 Å².